The van der Waals surface area contributed by atoms with Crippen LogP contribution in [-0.4, -0.2) is 21.9 Å². The van der Waals surface area contributed by atoms with E-state index in [-0.39, 0.29) is 11.7 Å². The van der Waals surface area contributed by atoms with Gasteiger partial charge < -0.3 is 4.74 Å². The van der Waals surface area contributed by atoms with Crippen LogP contribution >= 0.6 is 0 Å². The van der Waals surface area contributed by atoms with Crippen molar-refractivity contribution in [2.24, 2.45) is 0 Å². The van der Waals surface area contributed by atoms with Gasteiger partial charge in [0.05, 0.1) is 11.7 Å². The molecule has 60 valence electrons. The average Bonchev–Trinajstić information content (AvgIpc) is 1.60. The second-order valence-corrected chi connectivity index (χ2v) is 5.00. The molecule has 0 rings (SSSR count). The highest BCUT2D eigenvalue weighted by atomic mass is 28.1. The molecule has 0 fully saturated rings. The Kier molecular flexibility index (Phi) is 3.32. The minimum Gasteiger partial charge on any atom is -0.369 e. The van der Waals surface area contributed by atoms with Crippen LogP contribution in [0.15, 0.2) is 11.8 Å². The van der Waals surface area contributed by atoms with E-state index in [0.29, 0.717) is 0 Å². The maximum atomic E-state index is 5.63. The van der Waals surface area contributed by atoms with Crippen LogP contribution < -0.4 is 0 Å². The summed E-state index contributed by atoms with van der Waals surface area (Å²) in [5, 5.41) is 1.22. The molecule has 1 nitrogen and oxygen atoms in total. The topological polar surface area (TPSA) is 9.23 Å². The maximum Gasteiger partial charge on any atom is 0.0716 e. The first-order valence-corrected chi connectivity index (χ1v) is 4.66. The van der Waals surface area contributed by atoms with Crippen LogP contribution in [0.3, 0.4) is 0 Å². The van der Waals surface area contributed by atoms with Gasteiger partial charge in [0.2, 0.25) is 0 Å². The van der Waals surface area contributed by atoms with Gasteiger partial charge >= 0.3 is 0 Å². The molecule has 0 amide bonds. The van der Waals surface area contributed by atoms with E-state index in [1.54, 1.807) is 0 Å². The minimum absolute atomic E-state index is 0.0350. The molecule has 1 atom stereocenters. The summed E-state index contributed by atoms with van der Waals surface area (Å²) in [5.74, 6) is 0. The van der Waals surface area contributed by atoms with Crippen molar-refractivity contribution < 1.29 is 4.74 Å². The number of hydrogen-bond acceptors (Lipinski definition) is 1. The third kappa shape index (κ3) is 4.76. The van der Waals surface area contributed by atoms with Crippen LogP contribution in [0.4, 0.5) is 0 Å². The third-order valence-corrected chi connectivity index (χ3v) is 2.04. The van der Waals surface area contributed by atoms with E-state index in [1.165, 1.54) is 5.20 Å². The summed E-state index contributed by atoms with van der Waals surface area (Å²) < 4.78 is 5.63. The van der Waals surface area contributed by atoms with Gasteiger partial charge in [0.15, 0.2) is 0 Å². The van der Waals surface area contributed by atoms with Crippen molar-refractivity contribution >= 4 is 10.2 Å². The molecule has 0 saturated carbocycles. The van der Waals surface area contributed by atoms with E-state index >= 15 is 0 Å². The number of hydrogen-bond donors (Lipinski definition) is 0. The Morgan fingerprint density at radius 1 is 1.50 bits per heavy atom. The molecule has 0 spiro atoms. The van der Waals surface area contributed by atoms with E-state index in [9.17, 15) is 0 Å². The van der Waals surface area contributed by atoms with Gasteiger partial charge in [0.1, 0.15) is 0 Å². The van der Waals surface area contributed by atoms with Crippen LogP contribution in [0.25, 0.3) is 0 Å². The summed E-state index contributed by atoms with van der Waals surface area (Å²) in [6.07, 6.45) is 0.228. The fraction of sp³-hybridized carbons (Fsp3) is 0.750. The molecule has 0 aliphatic heterocycles. The van der Waals surface area contributed by atoms with Gasteiger partial charge in [-0.15, -0.1) is 6.58 Å². The van der Waals surface area contributed by atoms with Crippen molar-refractivity contribution in [3.05, 3.63) is 11.8 Å². The molecule has 0 aromatic rings. The van der Waals surface area contributed by atoms with Gasteiger partial charge in [-0.05, 0) is 27.7 Å². The quantitative estimate of drug-likeness (QED) is 0.546. The molecular formula is C8H18OSi. The van der Waals surface area contributed by atoms with Crippen LogP contribution in [0.5, 0.6) is 0 Å². The van der Waals surface area contributed by atoms with Gasteiger partial charge in [0.25, 0.3) is 0 Å². The summed E-state index contributed by atoms with van der Waals surface area (Å²) in [6, 6.07) is 0. The van der Waals surface area contributed by atoms with Crippen LogP contribution in [0.2, 0.25) is 0 Å². The van der Waals surface area contributed by atoms with Crippen molar-refractivity contribution in [3.8, 4) is 0 Å². The molecule has 2 heteroatoms. The zero-order valence-electron chi connectivity index (χ0n) is 7.69. The largest absolute Gasteiger partial charge is 0.369 e. The first-order chi connectivity index (χ1) is 4.33. The predicted molar refractivity (Wildman–Crippen MR) is 49.4 cm³/mol. The molecule has 0 saturated heterocycles. The lowest BCUT2D eigenvalue weighted by Gasteiger charge is -2.25. The summed E-state index contributed by atoms with van der Waals surface area (Å²) >= 11 is 0. The summed E-state index contributed by atoms with van der Waals surface area (Å²) in [6.45, 7) is 12.1. The van der Waals surface area contributed by atoms with Crippen molar-refractivity contribution in [2.75, 3.05) is 0 Å². The Bertz CT molecular complexity index is 124. The van der Waals surface area contributed by atoms with E-state index < -0.39 is 0 Å². The highest BCUT2D eigenvalue weighted by molar-refractivity contribution is 6.21. The summed E-state index contributed by atoms with van der Waals surface area (Å²) in [4.78, 5) is 0. The highest BCUT2D eigenvalue weighted by Gasteiger charge is 2.14. The van der Waals surface area contributed by atoms with Gasteiger partial charge in [-0.25, -0.2) is 0 Å². The molecule has 0 radical (unpaired) electrons. The third-order valence-electron chi connectivity index (χ3n) is 1.22. The van der Waals surface area contributed by atoms with Crippen molar-refractivity contribution in [3.63, 3.8) is 0 Å². The Balaban J connectivity index is 3.80. The van der Waals surface area contributed by atoms with E-state index in [1.807, 2.05) is 0 Å². The van der Waals surface area contributed by atoms with Crippen LogP contribution in [0, 0.1) is 0 Å². The van der Waals surface area contributed by atoms with Gasteiger partial charge in [0, 0.05) is 10.2 Å². The van der Waals surface area contributed by atoms with Crippen LogP contribution in [0.1, 0.15) is 27.7 Å². The highest BCUT2D eigenvalue weighted by Crippen LogP contribution is 2.12. The van der Waals surface area contributed by atoms with Crippen molar-refractivity contribution in [1.82, 2.24) is 0 Å². The predicted octanol–water partition coefficient (Wildman–Crippen LogP) is 1.07. The van der Waals surface area contributed by atoms with E-state index in [2.05, 4.69) is 34.3 Å². The molecule has 0 bridgehead atoms. The molecule has 10 heavy (non-hydrogen) atoms. The fourth-order valence-corrected chi connectivity index (χ4v) is 0.749. The zero-order chi connectivity index (χ0) is 8.36. The van der Waals surface area contributed by atoms with Crippen molar-refractivity contribution in [1.29, 1.82) is 0 Å². The first-order valence-electron chi connectivity index (χ1n) is 3.66. The van der Waals surface area contributed by atoms with Gasteiger partial charge in [-0.2, -0.15) is 0 Å². The van der Waals surface area contributed by atoms with E-state index in [0.717, 1.165) is 10.2 Å². The van der Waals surface area contributed by atoms with Gasteiger partial charge in [-0.3, -0.25) is 0 Å². The molecule has 0 aliphatic rings. The summed E-state index contributed by atoms with van der Waals surface area (Å²) in [7, 11) is 1.03. The Morgan fingerprint density at radius 3 is 2.00 bits per heavy atom. The normalized spacial score (nSPS) is 15.2. The number of ether oxygens (including phenoxy) is 1. The lowest BCUT2D eigenvalue weighted by atomic mass is 10.2. The number of rotatable bonds is 2. The molecule has 0 aliphatic carbocycles. The monoisotopic (exact) mass is 158 g/mol. The van der Waals surface area contributed by atoms with Crippen molar-refractivity contribution in [2.45, 2.75) is 39.4 Å². The van der Waals surface area contributed by atoms with E-state index in [4.69, 9.17) is 4.74 Å². The molecule has 1 unspecified atom stereocenters. The standard InChI is InChI=1S/C8H18OSi/c1-6(7(2)10)9-8(3,4)5/h6H,2H2,1,3-5,10H3. The minimum atomic E-state index is -0.0350. The lowest BCUT2D eigenvalue weighted by Crippen LogP contribution is -2.26. The second kappa shape index (κ2) is 3.35. The zero-order valence-corrected chi connectivity index (χ0v) is 9.69. The Labute approximate surface area is 66.9 Å². The molecular weight excluding hydrogens is 140 g/mol. The Hall–Kier alpha value is -0.0831. The molecule has 0 aromatic heterocycles. The SMILES string of the molecule is C=C([SiH3])C(C)OC(C)(C)C. The van der Waals surface area contributed by atoms with Gasteiger partial charge in [-0.1, -0.05) is 5.20 Å². The first kappa shape index (κ1) is 9.92. The molecule has 0 N–H and O–H groups in total. The maximum absolute atomic E-state index is 5.63. The smallest absolute Gasteiger partial charge is 0.0716 e. The van der Waals surface area contributed by atoms with Crippen LogP contribution in [-0.2, 0) is 4.74 Å². The average molecular weight is 158 g/mol. The fourth-order valence-electron chi connectivity index (χ4n) is 0.631. The molecule has 0 aromatic carbocycles. The molecule has 0 heterocycles. The summed E-state index contributed by atoms with van der Waals surface area (Å²) in [5.41, 5.74) is -0.0350. The second-order valence-electron chi connectivity index (χ2n) is 3.72. The Morgan fingerprint density at radius 2 is 1.90 bits per heavy atom. The lowest BCUT2D eigenvalue weighted by molar-refractivity contribution is -0.0316.